The number of hydrogen-bond donors (Lipinski definition) is 1. The topological polar surface area (TPSA) is 99.1 Å². The zero-order chi connectivity index (χ0) is 29.7. The van der Waals surface area contributed by atoms with Crippen LogP contribution in [0.2, 0.25) is 0 Å². The van der Waals surface area contributed by atoms with Crippen molar-refractivity contribution in [1.82, 2.24) is 0 Å². The van der Waals surface area contributed by atoms with Gasteiger partial charge < -0.3 is 19.3 Å². The molecule has 40 heavy (non-hydrogen) atoms. The second-order valence-electron chi connectivity index (χ2n) is 12.1. The summed E-state index contributed by atoms with van der Waals surface area (Å²) in [4.78, 5) is 36.0. The number of allylic oxidation sites excluding steroid dienone is 3. The largest absolute Gasteiger partial charge is 0.462 e. The lowest BCUT2D eigenvalue weighted by Gasteiger charge is -2.63. The van der Waals surface area contributed by atoms with Gasteiger partial charge in [-0.3, -0.25) is 9.59 Å². The number of hydrogen-bond acceptors (Lipinski definition) is 7. The van der Waals surface area contributed by atoms with Gasteiger partial charge in [0.05, 0.1) is 12.2 Å². The molecular weight excluding hydrogens is 508 g/mol. The summed E-state index contributed by atoms with van der Waals surface area (Å²) in [7, 11) is 0. The number of carbonyl (C=O) groups is 3. The number of benzene rings is 1. The minimum absolute atomic E-state index is 0.0614. The molecule has 0 heterocycles. The third-order valence-electron chi connectivity index (χ3n) is 9.11. The van der Waals surface area contributed by atoms with Gasteiger partial charge in [0.1, 0.15) is 11.9 Å². The van der Waals surface area contributed by atoms with E-state index < -0.39 is 23.0 Å². The molecule has 6 atom stereocenters. The van der Waals surface area contributed by atoms with Crippen molar-refractivity contribution >= 4 is 24.0 Å². The number of esters is 3. The van der Waals surface area contributed by atoms with E-state index in [1.54, 1.807) is 36.4 Å². The molecule has 2 fully saturated rings. The van der Waals surface area contributed by atoms with E-state index in [-0.39, 0.29) is 35.9 Å². The van der Waals surface area contributed by atoms with Gasteiger partial charge >= 0.3 is 17.9 Å². The van der Waals surface area contributed by atoms with Gasteiger partial charge in [-0.2, -0.15) is 0 Å². The van der Waals surface area contributed by atoms with Crippen LogP contribution in [0.3, 0.4) is 0 Å². The smallest absolute Gasteiger partial charge is 0.330 e. The number of fused-ring (bicyclic) bond motifs is 1. The number of carbonyl (C=O) groups excluding carboxylic acids is 3. The molecular formula is C33H44O7. The van der Waals surface area contributed by atoms with E-state index in [2.05, 4.69) is 26.5 Å². The molecule has 0 radical (unpaired) electrons. The molecule has 1 aromatic carbocycles. The van der Waals surface area contributed by atoms with E-state index in [9.17, 15) is 19.5 Å². The molecule has 7 nitrogen and oxygen atoms in total. The average Bonchev–Trinajstić information content (AvgIpc) is 2.87. The highest BCUT2D eigenvalue weighted by atomic mass is 16.5. The fourth-order valence-corrected chi connectivity index (χ4v) is 7.04. The SMILES string of the molecule is C=CC(C)=CC[C@@H]1[C@@]2(C)[C@H](OC(C)=O)CC[C@@](C)(COC(=O)C=Cc3ccc(OC(C)=O)cc3)[C@@H]2CC[C@@]1(C)O. The Morgan fingerprint density at radius 3 is 2.30 bits per heavy atom. The summed E-state index contributed by atoms with van der Waals surface area (Å²) >= 11 is 0. The predicted molar refractivity (Wildman–Crippen MR) is 154 cm³/mol. The molecule has 0 spiro atoms. The van der Waals surface area contributed by atoms with E-state index in [0.717, 1.165) is 24.0 Å². The second-order valence-corrected chi connectivity index (χ2v) is 12.1. The average molecular weight is 553 g/mol. The first-order valence-electron chi connectivity index (χ1n) is 14.0. The van der Waals surface area contributed by atoms with E-state index in [1.165, 1.54) is 19.9 Å². The summed E-state index contributed by atoms with van der Waals surface area (Å²) in [6.07, 6.45) is 9.94. The Hall–Kier alpha value is -3.19. The van der Waals surface area contributed by atoms with Crippen LogP contribution in [0, 0.1) is 22.7 Å². The molecule has 218 valence electrons. The van der Waals surface area contributed by atoms with E-state index in [0.29, 0.717) is 25.0 Å². The normalized spacial score (nSPS) is 32.2. The van der Waals surface area contributed by atoms with Crippen LogP contribution in [0.15, 0.2) is 54.6 Å². The molecule has 0 aliphatic heterocycles. The Balaban J connectivity index is 1.80. The van der Waals surface area contributed by atoms with Gasteiger partial charge in [-0.1, -0.05) is 50.3 Å². The van der Waals surface area contributed by atoms with Crippen LogP contribution in [-0.4, -0.2) is 41.3 Å². The Morgan fingerprint density at radius 1 is 1.02 bits per heavy atom. The highest BCUT2D eigenvalue weighted by Crippen LogP contribution is 2.63. The monoisotopic (exact) mass is 552 g/mol. The van der Waals surface area contributed by atoms with Crippen LogP contribution in [0.5, 0.6) is 5.75 Å². The molecule has 1 aromatic rings. The predicted octanol–water partition coefficient (Wildman–Crippen LogP) is 6.21. The van der Waals surface area contributed by atoms with Crippen molar-refractivity contribution in [2.75, 3.05) is 6.61 Å². The van der Waals surface area contributed by atoms with E-state index in [1.807, 2.05) is 13.8 Å². The van der Waals surface area contributed by atoms with Gasteiger partial charge in [-0.05, 0) is 81.6 Å². The third kappa shape index (κ3) is 7.11. The molecule has 7 heteroatoms. The quantitative estimate of drug-likeness (QED) is 0.168. The second kappa shape index (κ2) is 12.5. The number of rotatable bonds is 9. The molecule has 0 bridgehead atoms. The van der Waals surface area contributed by atoms with Crippen molar-refractivity contribution in [3.63, 3.8) is 0 Å². The van der Waals surface area contributed by atoms with Crippen LogP contribution >= 0.6 is 0 Å². The zero-order valence-electron chi connectivity index (χ0n) is 24.7. The van der Waals surface area contributed by atoms with Crippen LogP contribution in [0.25, 0.3) is 6.08 Å². The molecule has 2 saturated carbocycles. The summed E-state index contributed by atoms with van der Waals surface area (Å²) in [6, 6.07) is 6.83. The van der Waals surface area contributed by atoms with Gasteiger partial charge in [-0.15, -0.1) is 0 Å². The molecule has 0 unspecified atom stereocenters. The van der Waals surface area contributed by atoms with Gasteiger partial charge in [0.25, 0.3) is 0 Å². The van der Waals surface area contributed by atoms with Crippen molar-refractivity contribution in [2.45, 2.75) is 85.4 Å². The molecule has 2 aliphatic carbocycles. The van der Waals surface area contributed by atoms with Gasteiger partial charge in [0.15, 0.2) is 0 Å². The number of aliphatic hydroxyl groups is 1. The molecule has 2 aliphatic rings. The zero-order valence-corrected chi connectivity index (χ0v) is 24.7. The van der Waals surface area contributed by atoms with Crippen LogP contribution in [0.1, 0.15) is 79.2 Å². The van der Waals surface area contributed by atoms with Crippen molar-refractivity contribution in [1.29, 1.82) is 0 Å². The van der Waals surface area contributed by atoms with Gasteiger partial charge in [0.2, 0.25) is 0 Å². The molecule has 1 N–H and O–H groups in total. The number of ether oxygens (including phenoxy) is 3. The first-order chi connectivity index (χ1) is 18.7. The lowest BCUT2D eigenvalue weighted by Crippen LogP contribution is -2.64. The highest BCUT2D eigenvalue weighted by molar-refractivity contribution is 5.87. The summed E-state index contributed by atoms with van der Waals surface area (Å²) < 4.78 is 16.8. The van der Waals surface area contributed by atoms with Gasteiger partial charge in [-0.25, -0.2) is 4.79 Å². The molecule has 3 rings (SSSR count). The summed E-state index contributed by atoms with van der Waals surface area (Å²) in [5, 5.41) is 11.6. The van der Waals surface area contributed by atoms with E-state index in [4.69, 9.17) is 14.2 Å². The first kappa shape index (κ1) is 31.3. The maximum Gasteiger partial charge on any atom is 0.330 e. The first-order valence-corrected chi connectivity index (χ1v) is 14.0. The summed E-state index contributed by atoms with van der Waals surface area (Å²) in [6.45, 7) is 15.0. The summed E-state index contributed by atoms with van der Waals surface area (Å²) in [5.41, 5.74) is -0.0132. The standard InChI is InChI=1S/C33H44O7/c1-8-22(2)9-15-28-32(6,37)20-17-27-31(5,19-18-29(33(27,28)7)40-24(4)35)21-38-30(36)16-12-25-10-13-26(14-11-25)39-23(3)34/h8-14,16,27-29,37H,1,15,17-21H2,2-7H3/t27-,28-,29+,31-,32+,33-/m0/s1. The van der Waals surface area contributed by atoms with Crippen molar-refractivity contribution in [3.05, 3.63) is 60.2 Å². The Labute approximate surface area is 238 Å². The minimum atomic E-state index is -0.940. The fraction of sp³-hybridized carbons (Fsp3) is 0.545. The van der Waals surface area contributed by atoms with Crippen LogP contribution < -0.4 is 4.74 Å². The van der Waals surface area contributed by atoms with Crippen molar-refractivity contribution < 1.29 is 33.7 Å². The Bertz CT molecular complexity index is 1160. The Morgan fingerprint density at radius 2 is 1.70 bits per heavy atom. The molecule has 0 saturated heterocycles. The van der Waals surface area contributed by atoms with Crippen molar-refractivity contribution in [3.8, 4) is 5.75 Å². The lowest BCUT2D eigenvalue weighted by molar-refractivity contribution is -0.230. The summed E-state index contributed by atoms with van der Waals surface area (Å²) in [5.74, 6) is -0.831. The Kier molecular flexibility index (Phi) is 9.83. The molecule has 0 aromatic heterocycles. The lowest BCUT2D eigenvalue weighted by atomic mass is 9.44. The minimum Gasteiger partial charge on any atom is -0.462 e. The maximum absolute atomic E-state index is 12.7. The third-order valence-corrected chi connectivity index (χ3v) is 9.11. The van der Waals surface area contributed by atoms with Crippen LogP contribution in [0.4, 0.5) is 0 Å². The fourth-order valence-electron chi connectivity index (χ4n) is 7.04. The van der Waals surface area contributed by atoms with Gasteiger partial charge in [0, 0.05) is 30.8 Å². The van der Waals surface area contributed by atoms with Crippen LogP contribution in [-0.2, 0) is 23.9 Å². The van der Waals surface area contributed by atoms with Crippen molar-refractivity contribution in [2.24, 2.45) is 22.7 Å². The molecule has 0 amide bonds. The van der Waals surface area contributed by atoms with E-state index >= 15 is 0 Å². The highest BCUT2D eigenvalue weighted by Gasteiger charge is 2.63. The maximum atomic E-state index is 12.7.